The lowest BCUT2D eigenvalue weighted by Gasteiger charge is -2.29. The van der Waals surface area contributed by atoms with E-state index in [1.807, 2.05) is 0 Å². The first kappa shape index (κ1) is 19.1. The summed E-state index contributed by atoms with van der Waals surface area (Å²) < 4.78 is 44.4. The van der Waals surface area contributed by atoms with Crippen LogP contribution in [0.4, 0.5) is 13.2 Å². The van der Waals surface area contributed by atoms with Gasteiger partial charge in [-0.1, -0.05) is 11.6 Å². The molecular weight excluding hydrogens is 383 g/mol. The first-order valence-corrected chi connectivity index (χ1v) is 8.19. The lowest BCUT2D eigenvalue weighted by molar-refractivity contribution is 0.0780. The van der Waals surface area contributed by atoms with Crippen LogP contribution in [0, 0.1) is 5.82 Å². The van der Waals surface area contributed by atoms with E-state index in [1.165, 1.54) is 36.5 Å². The molecule has 1 aliphatic heterocycles. The number of benzene rings is 1. The first-order valence-electron chi connectivity index (χ1n) is 7.82. The number of aromatic nitrogens is 2. The van der Waals surface area contributed by atoms with Crippen molar-refractivity contribution in [2.45, 2.75) is 18.4 Å². The van der Waals surface area contributed by atoms with Crippen LogP contribution in [-0.2, 0) is 5.54 Å². The minimum Gasteiger partial charge on any atom is -0.470 e. The Morgan fingerprint density at radius 3 is 2.74 bits per heavy atom. The Labute approximate surface area is 157 Å². The van der Waals surface area contributed by atoms with Gasteiger partial charge in [0, 0.05) is 28.8 Å². The Balaban J connectivity index is 2.11. The van der Waals surface area contributed by atoms with Gasteiger partial charge in [-0.25, -0.2) is 18.2 Å². The molecule has 0 bridgehead atoms. The Kier molecular flexibility index (Phi) is 5.33. The van der Waals surface area contributed by atoms with Crippen molar-refractivity contribution in [2.75, 3.05) is 6.61 Å². The highest BCUT2D eigenvalue weighted by Gasteiger charge is 2.33. The van der Waals surface area contributed by atoms with Crippen molar-refractivity contribution in [3.8, 4) is 17.1 Å². The van der Waals surface area contributed by atoms with E-state index in [0.29, 0.717) is 5.02 Å². The predicted octanol–water partition coefficient (Wildman–Crippen LogP) is 3.01. The Morgan fingerprint density at radius 1 is 1.26 bits per heavy atom. The fraction of sp³-hybridized carbons (Fsp3) is 0.235. The lowest BCUT2D eigenvalue weighted by atomic mass is 9.86. The number of hydrogen-bond donors (Lipinski definition) is 2. The lowest BCUT2D eigenvalue weighted by Crippen LogP contribution is -2.41. The maximum absolute atomic E-state index is 14.2. The van der Waals surface area contributed by atoms with Gasteiger partial charge >= 0.3 is 0 Å². The third kappa shape index (κ3) is 4.20. The van der Waals surface area contributed by atoms with Crippen molar-refractivity contribution < 1.29 is 17.9 Å². The standard InChI is InChI=1S/C17H15ClF3N5O/c18-9-1-2-12(19)10(5-9)13-6-11(16(26-25-13)27-8-14(20)21)17(23)3-4-24-15(22)7-17/h1-6,14H,7-8,23H2,(H2,22,24). The summed E-state index contributed by atoms with van der Waals surface area (Å²) in [5, 5.41) is 8.00. The van der Waals surface area contributed by atoms with Crippen LogP contribution < -0.4 is 16.2 Å². The molecule has 0 amide bonds. The normalized spacial score (nSPS) is 19.3. The number of nitrogens with two attached hydrogens (primary N) is 2. The van der Waals surface area contributed by atoms with Gasteiger partial charge in [-0.05, 0) is 30.3 Å². The van der Waals surface area contributed by atoms with Gasteiger partial charge in [0.15, 0.2) is 6.61 Å². The minimum absolute atomic E-state index is 0.0849. The molecule has 6 nitrogen and oxygen atoms in total. The van der Waals surface area contributed by atoms with E-state index in [2.05, 4.69) is 15.2 Å². The number of halogens is 4. The minimum atomic E-state index is -2.72. The molecule has 0 saturated carbocycles. The van der Waals surface area contributed by atoms with Gasteiger partial charge < -0.3 is 16.2 Å². The molecule has 0 saturated heterocycles. The molecule has 1 unspecified atom stereocenters. The van der Waals surface area contributed by atoms with Crippen LogP contribution in [0.25, 0.3) is 11.3 Å². The number of rotatable bonds is 5. The topological polar surface area (TPSA) is 99.4 Å². The molecule has 1 aliphatic rings. The van der Waals surface area contributed by atoms with Crippen LogP contribution in [0.1, 0.15) is 12.0 Å². The average molecular weight is 398 g/mol. The molecule has 0 fully saturated rings. The van der Waals surface area contributed by atoms with Crippen molar-refractivity contribution in [2.24, 2.45) is 16.5 Å². The quantitative estimate of drug-likeness (QED) is 0.807. The number of hydrogen-bond acceptors (Lipinski definition) is 6. The Bertz CT molecular complexity index is 921. The average Bonchev–Trinajstić information content (AvgIpc) is 2.61. The van der Waals surface area contributed by atoms with Gasteiger partial charge in [0.2, 0.25) is 5.88 Å². The smallest absolute Gasteiger partial charge is 0.272 e. The van der Waals surface area contributed by atoms with Gasteiger partial charge in [0.1, 0.15) is 11.7 Å². The Hall–Kier alpha value is -2.65. The highest BCUT2D eigenvalue weighted by atomic mass is 35.5. The van der Waals surface area contributed by atoms with Crippen LogP contribution in [0.15, 0.2) is 41.5 Å². The van der Waals surface area contributed by atoms with Gasteiger partial charge in [-0.2, -0.15) is 0 Å². The summed E-state index contributed by atoms with van der Waals surface area (Å²) in [6.45, 7) is -0.893. The second-order valence-corrected chi connectivity index (χ2v) is 6.36. The summed E-state index contributed by atoms with van der Waals surface area (Å²) in [5.74, 6) is -0.525. The molecule has 27 heavy (non-hydrogen) atoms. The molecule has 2 heterocycles. The maximum Gasteiger partial charge on any atom is 0.272 e. The third-order valence-corrected chi connectivity index (χ3v) is 4.13. The maximum atomic E-state index is 14.2. The van der Waals surface area contributed by atoms with Crippen molar-refractivity contribution in [1.29, 1.82) is 0 Å². The van der Waals surface area contributed by atoms with Crippen molar-refractivity contribution in [3.05, 3.63) is 52.9 Å². The molecule has 142 valence electrons. The van der Waals surface area contributed by atoms with E-state index >= 15 is 0 Å². The van der Waals surface area contributed by atoms with E-state index in [4.69, 9.17) is 27.8 Å². The summed E-state index contributed by atoms with van der Waals surface area (Å²) in [6.07, 6.45) is 0.313. The number of ether oxygens (including phenoxy) is 1. The van der Waals surface area contributed by atoms with Crippen molar-refractivity contribution in [3.63, 3.8) is 0 Å². The molecule has 0 aliphatic carbocycles. The molecule has 0 spiro atoms. The molecule has 10 heteroatoms. The second kappa shape index (κ2) is 7.53. The largest absolute Gasteiger partial charge is 0.470 e. The van der Waals surface area contributed by atoms with E-state index in [0.717, 1.165) is 0 Å². The summed E-state index contributed by atoms with van der Waals surface area (Å²) in [5.41, 5.74) is 11.3. The van der Waals surface area contributed by atoms with Crippen LogP contribution >= 0.6 is 11.6 Å². The van der Waals surface area contributed by atoms with Crippen LogP contribution in [0.5, 0.6) is 5.88 Å². The molecule has 1 aromatic carbocycles. The van der Waals surface area contributed by atoms with Crippen LogP contribution in [0.3, 0.4) is 0 Å². The number of nitrogens with zero attached hydrogens (tertiary/aromatic N) is 3. The van der Waals surface area contributed by atoms with Gasteiger partial charge in [0.25, 0.3) is 6.43 Å². The fourth-order valence-corrected chi connectivity index (χ4v) is 2.82. The van der Waals surface area contributed by atoms with Crippen molar-refractivity contribution >= 4 is 17.4 Å². The fourth-order valence-electron chi connectivity index (χ4n) is 2.64. The number of aliphatic imine (C=N–C) groups is 1. The predicted molar refractivity (Wildman–Crippen MR) is 95.2 cm³/mol. The molecule has 4 N–H and O–H groups in total. The SMILES string of the molecule is NC1=NC=CC(N)(c2cc(-c3cc(Cl)ccc3F)nnc2OCC(F)F)C1. The highest BCUT2D eigenvalue weighted by molar-refractivity contribution is 6.30. The zero-order valence-corrected chi connectivity index (χ0v) is 14.6. The van der Waals surface area contributed by atoms with Gasteiger partial charge in [0.05, 0.1) is 11.2 Å². The molecular formula is C17H15ClF3N5O. The van der Waals surface area contributed by atoms with E-state index < -0.39 is 24.4 Å². The van der Waals surface area contributed by atoms with Crippen molar-refractivity contribution in [1.82, 2.24) is 10.2 Å². The second-order valence-electron chi connectivity index (χ2n) is 5.93. The van der Waals surface area contributed by atoms with E-state index in [9.17, 15) is 13.2 Å². The van der Waals surface area contributed by atoms with Gasteiger partial charge in [-0.3, -0.25) is 0 Å². The highest BCUT2D eigenvalue weighted by Crippen LogP contribution is 2.35. The summed E-state index contributed by atoms with van der Waals surface area (Å²) in [6, 6.07) is 5.37. The van der Waals surface area contributed by atoms with Crippen LogP contribution in [0.2, 0.25) is 5.02 Å². The van der Waals surface area contributed by atoms with E-state index in [-0.39, 0.29) is 35.0 Å². The zero-order valence-electron chi connectivity index (χ0n) is 13.9. The third-order valence-electron chi connectivity index (χ3n) is 3.90. The van der Waals surface area contributed by atoms with Crippen LogP contribution in [-0.4, -0.2) is 29.1 Å². The summed E-state index contributed by atoms with van der Waals surface area (Å²) >= 11 is 5.93. The zero-order chi connectivity index (χ0) is 19.6. The number of amidine groups is 1. The molecule has 1 atom stereocenters. The summed E-state index contributed by atoms with van der Waals surface area (Å²) in [7, 11) is 0. The monoisotopic (exact) mass is 397 g/mol. The summed E-state index contributed by atoms with van der Waals surface area (Å²) in [4.78, 5) is 3.92. The molecule has 1 aromatic heterocycles. The number of alkyl halides is 2. The van der Waals surface area contributed by atoms with E-state index in [1.54, 1.807) is 0 Å². The molecule has 0 radical (unpaired) electrons. The Morgan fingerprint density at radius 2 is 2.04 bits per heavy atom. The molecule has 2 aromatic rings. The molecule has 3 rings (SSSR count). The van der Waals surface area contributed by atoms with Gasteiger partial charge in [-0.15, -0.1) is 10.2 Å². The first-order chi connectivity index (χ1) is 12.8.